The summed E-state index contributed by atoms with van der Waals surface area (Å²) in [5.41, 5.74) is 1.30. The third kappa shape index (κ3) is 5.69. The van der Waals surface area contributed by atoms with Crippen molar-refractivity contribution in [2.24, 2.45) is 0 Å². The van der Waals surface area contributed by atoms with Crippen molar-refractivity contribution in [2.75, 3.05) is 12.4 Å². The number of carbonyl (C=O) groups excluding carboxylic acids is 2. The van der Waals surface area contributed by atoms with Crippen LogP contribution in [0.4, 0.5) is 0 Å². The molecule has 0 aliphatic heterocycles. The molecular formula is C22H29N3O3S. The minimum absolute atomic E-state index is 0.0980. The lowest BCUT2D eigenvalue weighted by Crippen LogP contribution is -2.13. The van der Waals surface area contributed by atoms with Gasteiger partial charge in [0.15, 0.2) is 5.16 Å². The second-order valence-corrected chi connectivity index (χ2v) is 8.29. The Kier molecular flexibility index (Phi) is 7.86. The number of ether oxygens (including phenoxy) is 1. The number of nitrogens with zero attached hydrogens (tertiary/aromatic N) is 3. The number of ketones is 1. The van der Waals surface area contributed by atoms with E-state index >= 15 is 0 Å². The Morgan fingerprint density at radius 3 is 2.69 bits per heavy atom. The molecule has 0 saturated heterocycles. The zero-order valence-electron chi connectivity index (χ0n) is 17.2. The van der Waals surface area contributed by atoms with Crippen LogP contribution in [0.5, 0.6) is 0 Å². The van der Waals surface area contributed by atoms with Gasteiger partial charge in [0.05, 0.1) is 17.9 Å². The Morgan fingerprint density at radius 1 is 1.17 bits per heavy atom. The Morgan fingerprint density at radius 2 is 1.97 bits per heavy atom. The SMILES string of the molecule is CCOC(=O)c1cccc(CC(=O)CSc2nnc(C3CCCCC3)n2CC)c1. The van der Waals surface area contributed by atoms with Crippen LogP contribution in [0.1, 0.15) is 73.6 Å². The smallest absolute Gasteiger partial charge is 0.338 e. The summed E-state index contributed by atoms with van der Waals surface area (Å²) in [6.45, 7) is 5.02. The molecule has 0 atom stereocenters. The number of esters is 1. The van der Waals surface area contributed by atoms with Gasteiger partial charge in [0.25, 0.3) is 0 Å². The second-order valence-electron chi connectivity index (χ2n) is 7.34. The lowest BCUT2D eigenvalue weighted by atomic mass is 9.89. The highest BCUT2D eigenvalue weighted by Crippen LogP contribution is 2.33. The summed E-state index contributed by atoms with van der Waals surface area (Å²) >= 11 is 1.45. The molecule has 0 N–H and O–H groups in total. The number of benzene rings is 1. The molecule has 6 nitrogen and oxygen atoms in total. The molecule has 1 fully saturated rings. The molecule has 0 amide bonds. The van der Waals surface area contributed by atoms with Gasteiger partial charge in [-0.15, -0.1) is 10.2 Å². The summed E-state index contributed by atoms with van der Waals surface area (Å²) in [5.74, 6) is 1.64. The summed E-state index contributed by atoms with van der Waals surface area (Å²) < 4.78 is 7.19. The van der Waals surface area contributed by atoms with Crippen LogP contribution in [0.2, 0.25) is 0 Å². The van der Waals surface area contributed by atoms with Crippen LogP contribution in [0.25, 0.3) is 0 Å². The number of carbonyl (C=O) groups is 2. The number of Topliss-reactive ketones (excluding diaryl/α,β-unsaturated/α-hetero) is 1. The predicted octanol–water partition coefficient (Wildman–Crippen LogP) is 4.43. The first-order chi connectivity index (χ1) is 14.1. The van der Waals surface area contributed by atoms with Crippen molar-refractivity contribution >= 4 is 23.5 Å². The Balaban J connectivity index is 1.59. The maximum Gasteiger partial charge on any atom is 0.338 e. The normalized spacial score (nSPS) is 14.7. The van der Waals surface area contributed by atoms with E-state index in [1.807, 2.05) is 6.07 Å². The Hall–Kier alpha value is -2.15. The van der Waals surface area contributed by atoms with Crippen LogP contribution in [0, 0.1) is 0 Å². The van der Waals surface area contributed by atoms with Gasteiger partial charge in [-0.3, -0.25) is 4.79 Å². The van der Waals surface area contributed by atoms with E-state index in [9.17, 15) is 9.59 Å². The molecule has 1 heterocycles. The molecule has 1 aromatic heterocycles. The highest BCUT2D eigenvalue weighted by molar-refractivity contribution is 7.99. The average molecular weight is 416 g/mol. The molecule has 7 heteroatoms. The summed E-state index contributed by atoms with van der Waals surface area (Å²) in [7, 11) is 0. The molecule has 1 aromatic carbocycles. The van der Waals surface area contributed by atoms with Crippen molar-refractivity contribution in [3.63, 3.8) is 0 Å². The van der Waals surface area contributed by atoms with E-state index in [-0.39, 0.29) is 18.2 Å². The zero-order chi connectivity index (χ0) is 20.6. The topological polar surface area (TPSA) is 74.1 Å². The first kappa shape index (κ1) is 21.6. The summed E-state index contributed by atoms with van der Waals surface area (Å²) in [4.78, 5) is 24.4. The van der Waals surface area contributed by atoms with E-state index in [1.165, 1.54) is 43.9 Å². The van der Waals surface area contributed by atoms with Gasteiger partial charge < -0.3 is 9.30 Å². The molecule has 0 radical (unpaired) electrons. The molecule has 156 valence electrons. The molecular weight excluding hydrogens is 386 g/mol. The van der Waals surface area contributed by atoms with Gasteiger partial charge >= 0.3 is 5.97 Å². The Bertz CT molecular complexity index is 844. The second kappa shape index (κ2) is 10.6. The quantitative estimate of drug-likeness (QED) is 0.446. The molecule has 0 bridgehead atoms. The van der Waals surface area contributed by atoms with Crippen LogP contribution in [0.3, 0.4) is 0 Å². The van der Waals surface area contributed by atoms with Crippen LogP contribution < -0.4 is 0 Å². The van der Waals surface area contributed by atoms with E-state index in [1.54, 1.807) is 25.1 Å². The van der Waals surface area contributed by atoms with E-state index in [0.29, 0.717) is 23.8 Å². The van der Waals surface area contributed by atoms with Gasteiger partial charge in [-0.2, -0.15) is 0 Å². The number of hydrogen-bond acceptors (Lipinski definition) is 6. The molecule has 1 aliphatic rings. The van der Waals surface area contributed by atoms with E-state index in [0.717, 1.165) is 23.1 Å². The number of hydrogen-bond donors (Lipinski definition) is 0. The van der Waals surface area contributed by atoms with Crippen molar-refractivity contribution < 1.29 is 14.3 Å². The maximum atomic E-state index is 12.5. The minimum Gasteiger partial charge on any atom is -0.462 e. The van der Waals surface area contributed by atoms with Gasteiger partial charge in [-0.25, -0.2) is 4.79 Å². The summed E-state index contributed by atoms with van der Waals surface area (Å²) in [6, 6.07) is 7.08. The molecule has 3 rings (SSSR count). The fourth-order valence-electron chi connectivity index (χ4n) is 3.81. The van der Waals surface area contributed by atoms with Gasteiger partial charge in [-0.1, -0.05) is 43.2 Å². The van der Waals surface area contributed by atoms with E-state index in [2.05, 4.69) is 21.7 Å². The summed E-state index contributed by atoms with van der Waals surface area (Å²) in [5, 5.41) is 9.63. The zero-order valence-corrected chi connectivity index (χ0v) is 18.0. The fraction of sp³-hybridized carbons (Fsp3) is 0.545. The van der Waals surface area contributed by atoms with Crippen LogP contribution in [-0.4, -0.2) is 38.9 Å². The number of thioether (sulfide) groups is 1. The van der Waals surface area contributed by atoms with E-state index < -0.39 is 0 Å². The fourth-order valence-corrected chi connectivity index (χ4v) is 4.68. The van der Waals surface area contributed by atoms with Crippen molar-refractivity contribution in [1.29, 1.82) is 0 Å². The van der Waals surface area contributed by atoms with Crippen molar-refractivity contribution in [3.8, 4) is 0 Å². The molecule has 1 aliphatic carbocycles. The minimum atomic E-state index is -0.359. The highest BCUT2D eigenvalue weighted by atomic mass is 32.2. The number of rotatable bonds is 9. The summed E-state index contributed by atoms with van der Waals surface area (Å²) in [6.07, 6.45) is 6.47. The van der Waals surface area contributed by atoms with Gasteiger partial charge in [0, 0.05) is 18.9 Å². The van der Waals surface area contributed by atoms with Crippen molar-refractivity contribution in [1.82, 2.24) is 14.8 Å². The largest absolute Gasteiger partial charge is 0.462 e. The van der Waals surface area contributed by atoms with Crippen LogP contribution in [0.15, 0.2) is 29.4 Å². The first-order valence-corrected chi connectivity index (χ1v) is 11.4. The molecule has 29 heavy (non-hydrogen) atoms. The molecule has 0 unspecified atom stereocenters. The first-order valence-electron chi connectivity index (χ1n) is 10.5. The Labute approximate surface area is 176 Å². The van der Waals surface area contributed by atoms with Crippen LogP contribution in [-0.2, 0) is 22.5 Å². The molecule has 2 aromatic rings. The number of aromatic nitrogens is 3. The lowest BCUT2D eigenvalue weighted by Gasteiger charge is -2.21. The standard InChI is InChI=1S/C22H29N3O3S/c1-3-25-20(17-10-6-5-7-11-17)23-24-22(25)29-15-19(26)14-16-9-8-12-18(13-16)21(27)28-4-2/h8-9,12-13,17H,3-7,10-11,14-15H2,1-2H3. The van der Waals surface area contributed by atoms with Crippen molar-refractivity contribution in [2.45, 2.75) is 70.0 Å². The molecule has 0 spiro atoms. The van der Waals surface area contributed by atoms with Crippen LogP contribution >= 0.6 is 11.8 Å². The van der Waals surface area contributed by atoms with Gasteiger partial charge in [0.2, 0.25) is 0 Å². The van der Waals surface area contributed by atoms with E-state index in [4.69, 9.17) is 4.74 Å². The van der Waals surface area contributed by atoms with Gasteiger partial charge in [0.1, 0.15) is 11.6 Å². The molecule has 1 saturated carbocycles. The lowest BCUT2D eigenvalue weighted by molar-refractivity contribution is -0.116. The monoisotopic (exact) mass is 415 g/mol. The third-order valence-electron chi connectivity index (χ3n) is 5.23. The predicted molar refractivity (Wildman–Crippen MR) is 113 cm³/mol. The highest BCUT2D eigenvalue weighted by Gasteiger charge is 2.23. The average Bonchev–Trinajstić information content (AvgIpc) is 3.16. The van der Waals surface area contributed by atoms with Crippen molar-refractivity contribution in [3.05, 3.63) is 41.2 Å². The van der Waals surface area contributed by atoms with Gasteiger partial charge in [-0.05, 0) is 44.4 Å². The third-order valence-corrected chi connectivity index (χ3v) is 6.26. The maximum absolute atomic E-state index is 12.5.